The fourth-order valence-electron chi connectivity index (χ4n) is 2.13. The summed E-state index contributed by atoms with van der Waals surface area (Å²) in [5.41, 5.74) is 1.87. The molecule has 16 heavy (non-hydrogen) atoms. The van der Waals surface area contributed by atoms with Crippen LogP contribution in [0, 0.1) is 11.3 Å². The molecule has 1 aromatic rings. The molecule has 1 atom stereocenters. The molecule has 0 spiro atoms. The van der Waals surface area contributed by atoms with Gasteiger partial charge in [0.05, 0.1) is 5.69 Å². The van der Waals surface area contributed by atoms with Crippen LogP contribution in [-0.2, 0) is 4.79 Å². The van der Waals surface area contributed by atoms with Gasteiger partial charge in [-0.15, -0.1) is 0 Å². The van der Waals surface area contributed by atoms with E-state index in [0.717, 1.165) is 17.7 Å². The number of pyridine rings is 1. The predicted molar refractivity (Wildman–Crippen MR) is 64.8 cm³/mol. The average molecular weight is 215 g/mol. The van der Waals surface area contributed by atoms with E-state index in [1.807, 2.05) is 31.2 Å². The van der Waals surface area contributed by atoms with Crippen molar-refractivity contribution in [3.05, 3.63) is 35.7 Å². The highest BCUT2D eigenvalue weighted by molar-refractivity contribution is 6.03. The van der Waals surface area contributed by atoms with Crippen molar-refractivity contribution in [3.63, 3.8) is 0 Å². The molecule has 0 bridgehead atoms. The monoisotopic (exact) mass is 215 g/mol. The number of aromatic nitrogens is 1. The molecule has 1 unspecified atom stereocenters. The minimum atomic E-state index is 0.0810. The van der Waals surface area contributed by atoms with Gasteiger partial charge in [0.15, 0.2) is 5.78 Å². The zero-order valence-corrected chi connectivity index (χ0v) is 10.0. The van der Waals surface area contributed by atoms with Crippen LogP contribution in [0.3, 0.4) is 0 Å². The molecular weight excluding hydrogens is 198 g/mol. The van der Waals surface area contributed by atoms with Gasteiger partial charge in [0.1, 0.15) is 0 Å². The molecule has 1 aliphatic carbocycles. The summed E-state index contributed by atoms with van der Waals surface area (Å²) >= 11 is 0. The average Bonchev–Trinajstić information content (AvgIpc) is 2.44. The first kappa shape index (κ1) is 11.1. The van der Waals surface area contributed by atoms with Gasteiger partial charge < -0.3 is 0 Å². The Morgan fingerprint density at radius 1 is 1.44 bits per heavy atom. The molecule has 2 nitrogen and oxygen atoms in total. The minimum Gasteiger partial charge on any atom is -0.294 e. The van der Waals surface area contributed by atoms with Crippen LogP contribution < -0.4 is 0 Å². The molecule has 1 saturated carbocycles. The molecule has 0 aliphatic heterocycles. The molecular formula is C14H17NO. The Labute approximate surface area is 96.4 Å². The number of ketones is 1. The summed E-state index contributed by atoms with van der Waals surface area (Å²) < 4.78 is 0. The maximum absolute atomic E-state index is 12.0. The molecule has 0 radical (unpaired) electrons. The van der Waals surface area contributed by atoms with E-state index in [0.29, 0.717) is 0 Å². The van der Waals surface area contributed by atoms with Gasteiger partial charge in [0.2, 0.25) is 0 Å². The van der Waals surface area contributed by atoms with Crippen LogP contribution in [0.25, 0.3) is 6.08 Å². The second-order valence-corrected chi connectivity index (χ2v) is 5.18. The molecule has 0 aromatic carbocycles. The van der Waals surface area contributed by atoms with Crippen LogP contribution >= 0.6 is 0 Å². The van der Waals surface area contributed by atoms with Gasteiger partial charge in [-0.25, -0.2) is 0 Å². The first-order chi connectivity index (χ1) is 7.50. The summed E-state index contributed by atoms with van der Waals surface area (Å²) in [5.74, 6) is 0.387. The Morgan fingerprint density at radius 2 is 2.19 bits per heavy atom. The molecule has 1 aromatic heterocycles. The second kappa shape index (κ2) is 3.85. The number of carbonyl (C=O) groups is 1. The molecule has 2 heteroatoms. The predicted octanol–water partition coefficient (Wildman–Crippen LogP) is 3.10. The van der Waals surface area contributed by atoms with Crippen LogP contribution in [0.4, 0.5) is 0 Å². The fourth-order valence-corrected chi connectivity index (χ4v) is 2.13. The van der Waals surface area contributed by atoms with E-state index in [1.165, 1.54) is 0 Å². The van der Waals surface area contributed by atoms with Crippen LogP contribution in [0.15, 0.2) is 30.0 Å². The summed E-state index contributed by atoms with van der Waals surface area (Å²) in [6.07, 6.45) is 4.53. The number of Topliss-reactive ketones (excluding diaryl/α,β-unsaturated/α-hetero) is 1. The Kier molecular flexibility index (Phi) is 2.66. The number of nitrogens with zero attached hydrogens (tertiary/aromatic N) is 1. The molecule has 0 saturated heterocycles. The third-order valence-corrected chi connectivity index (χ3v) is 3.54. The van der Waals surface area contributed by atoms with Gasteiger partial charge in [-0.05, 0) is 35.6 Å². The minimum absolute atomic E-state index is 0.0810. The Bertz CT molecular complexity index is 431. The molecule has 84 valence electrons. The van der Waals surface area contributed by atoms with E-state index in [1.54, 1.807) is 6.20 Å². The molecule has 1 aliphatic rings. The standard InChI is InChI=1S/C14H17NO/c1-10-13(16)11(9-14(10,2)3)8-12-6-4-5-7-15-12/h4-8,10H,9H2,1-3H3/b11-8-. The highest BCUT2D eigenvalue weighted by atomic mass is 16.1. The lowest BCUT2D eigenvalue weighted by molar-refractivity contribution is -0.118. The number of hydrogen-bond donors (Lipinski definition) is 0. The maximum atomic E-state index is 12.0. The third kappa shape index (κ3) is 1.92. The van der Waals surface area contributed by atoms with Crippen molar-refractivity contribution in [1.29, 1.82) is 0 Å². The van der Waals surface area contributed by atoms with Crippen molar-refractivity contribution < 1.29 is 4.79 Å². The Balaban J connectivity index is 2.31. The summed E-state index contributed by atoms with van der Waals surface area (Å²) in [4.78, 5) is 16.3. The lowest BCUT2D eigenvalue weighted by atomic mass is 9.83. The van der Waals surface area contributed by atoms with Crippen molar-refractivity contribution in [1.82, 2.24) is 4.98 Å². The zero-order chi connectivity index (χ0) is 11.8. The maximum Gasteiger partial charge on any atom is 0.162 e. The van der Waals surface area contributed by atoms with Gasteiger partial charge in [0, 0.05) is 12.1 Å². The van der Waals surface area contributed by atoms with Crippen molar-refractivity contribution in [3.8, 4) is 0 Å². The summed E-state index contributed by atoms with van der Waals surface area (Å²) in [7, 11) is 0. The third-order valence-electron chi connectivity index (χ3n) is 3.54. The molecule has 1 fully saturated rings. The summed E-state index contributed by atoms with van der Waals surface area (Å²) in [6.45, 7) is 6.31. The van der Waals surface area contributed by atoms with Crippen molar-refractivity contribution in [2.24, 2.45) is 11.3 Å². The van der Waals surface area contributed by atoms with Crippen molar-refractivity contribution in [2.75, 3.05) is 0 Å². The largest absolute Gasteiger partial charge is 0.294 e. The van der Waals surface area contributed by atoms with Crippen LogP contribution in [0.2, 0.25) is 0 Å². The zero-order valence-electron chi connectivity index (χ0n) is 10.0. The van der Waals surface area contributed by atoms with E-state index in [-0.39, 0.29) is 17.1 Å². The number of carbonyl (C=O) groups excluding carboxylic acids is 1. The lowest BCUT2D eigenvalue weighted by Crippen LogP contribution is -2.18. The first-order valence-corrected chi connectivity index (χ1v) is 5.66. The van der Waals surface area contributed by atoms with Gasteiger partial charge in [-0.2, -0.15) is 0 Å². The lowest BCUT2D eigenvalue weighted by Gasteiger charge is -2.20. The van der Waals surface area contributed by atoms with E-state index in [9.17, 15) is 4.79 Å². The smallest absolute Gasteiger partial charge is 0.162 e. The molecule has 0 amide bonds. The Morgan fingerprint density at radius 3 is 2.69 bits per heavy atom. The summed E-state index contributed by atoms with van der Waals surface area (Å²) in [6, 6.07) is 5.74. The van der Waals surface area contributed by atoms with Gasteiger partial charge in [-0.1, -0.05) is 26.8 Å². The number of allylic oxidation sites excluding steroid dienone is 1. The number of hydrogen-bond acceptors (Lipinski definition) is 2. The van der Waals surface area contributed by atoms with E-state index < -0.39 is 0 Å². The second-order valence-electron chi connectivity index (χ2n) is 5.18. The number of rotatable bonds is 1. The van der Waals surface area contributed by atoms with Crippen molar-refractivity contribution >= 4 is 11.9 Å². The highest BCUT2D eigenvalue weighted by Crippen LogP contribution is 2.43. The topological polar surface area (TPSA) is 30.0 Å². The Hall–Kier alpha value is -1.44. The van der Waals surface area contributed by atoms with Gasteiger partial charge in [-0.3, -0.25) is 9.78 Å². The van der Waals surface area contributed by atoms with Gasteiger partial charge >= 0.3 is 0 Å². The van der Waals surface area contributed by atoms with Crippen molar-refractivity contribution in [2.45, 2.75) is 27.2 Å². The van der Waals surface area contributed by atoms with E-state index in [4.69, 9.17) is 0 Å². The molecule has 0 N–H and O–H groups in total. The quantitative estimate of drug-likeness (QED) is 0.674. The molecule has 1 heterocycles. The highest BCUT2D eigenvalue weighted by Gasteiger charge is 2.40. The normalized spacial score (nSPS) is 26.3. The van der Waals surface area contributed by atoms with Crippen LogP contribution in [0.1, 0.15) is 32.9 Å². The SMILES string of the molecule is CC1C(=O)/C(=C\c2ccccn2)CC1(C)C. The van der Waals surface area contributed by atoms with E-state index >= 15 is 0 Å². The first-order valence-electron chi connectivity index (χ1n) is 5.66. The van der Waals surface area contributed by atoms with Crippen LogP contribution in [-0.4, -0.2) is 10.8 Å². The van der Waals surface area contributed by atoms with Gasteiger partial charge in [0.25, 0.3) is 0 Å². The summed E-state index contributed by atoms with van der Waals surface area (Å²) in [5, 5.41) is 0. The van der Waals surface area contributed by atoms with Crippen LogP contribution in [0.5, 0.6) is 0 Å². The fraction of sp³-hybridized carbons (Fsp3) is 0.429. The molecule has 2 rings (SSSR count). The van der Waals surface area contributed by atoms with E-state index in [2.05, 4.69) is 18.8 Å².